The molecule has 4 nitrogen and oxygen atoms in total. The van der Waals surface area contributed by atoms with Crippen molar-refractivity contribution in [1.82, 2.24) is 10.2 Å². The van der Waals surface area contributed by atoms with E-state index in [9.17, 15) is 9.18 Å². The lowest BCUT2D eigenvalue weighted by Gasteiger charge is -2.25. The lowest BCUT2D eigenvalue weighted by Crippen LogP contribution is -2.35. The largest absolute Gasteiger partial charge is 0.497 e. The third-order valence-electron chi connectivity index (χ3n) is 3.89. The average Bonchev–Trinajstić information content (AvgIpc) is 2.57. The van der Waals surface area contributed by atoms with E-state index in [0.29, 0.717) is 6.54 Å². The first-order valence-electron chi connectivity index (χ1n) is 7.81. The van der Waals surface area contributed by atoms with E-state index in [0.717, 1.165) is 16.9 Å². The number of hydrogen-bond acceptors (Lipinski definition) is 3. The van der Waals surface area contributed by atoms with Gasteiger partial charge in [-0.25, -0.2) is 4.39 Å². The smallest absolute Gasteiger partial charge is 0.224 e. The van der Waals surface area contributed by atoms with Gasteiger partial charge in [-0.1, -0.05) is 24.3 Å². The van der Waals surface area contributed by atoms with Crippen LogP contribution in [-0.4, -0.2) is 38.6 Å². The Morgan fingerprint density at radius 3 is 2.29 bits per heavy atom. The van der Waals surface area contributed by atoms with Gasteiger partial charge in [0, 0.05) is 6.54 Å². The molecule has 0 spiro atoms. The van der Waals surface area contributed by atoms with Crippen LogP contribution < -0.4 is 10.1 Å². The van der Waals surface area contributed by atoms with E-state index in [4.69, 9.17) is 4.74 Å². The van der Waals surface area contributed by atoms with Gasteiger partial charge in [-0.3, -0.25) is 4.79 Å². The molecule has 24 heavy (non-hydrogen) atoms. The Balaban J connectivity index is 1.95. The predicted molar refractivity (Wildman–Crippen MR) is 92.5 cm³/mol. The molecule has 0 aromatic heterocycles. The Morgan fingerprint density at radius 1 is 1.12 bits per heavy atom. The van der Waals surface area contributed by atoms with Gasteiger partial charge in [0.1, 0.15) is 11.6 Å². The van der Waals surface area contributed by atoms with E-state index in [1.54, 1.807) is 19.2 Å². The van der Waals surface area contributed by atoms with Crippen LogP contribution in [0.2, 0.25) is 0 Å². The highest BCUT2D eigenvalue weighted by molar-refractivity contribution is 5.78. The lowest BCUT2D eigenvalue weighted by molar-refractivity contribution is -0.120. The Morgan fingerprint density at radius 2 is 1.75 bits per heavy atom. The van der Waals surface area contributed by atoms with E-state index in [1.165, 1.54) is 12.1 Å². The van der Waals surface area contributed by atoms with E-state index in [2.05, 4.69) is 10.2 Å². The van der Waals surface area contributed by atoms with Gasteiger partial charge in [0.15, 0.2) is 0 Å². The molecule has 1 N–H and O–H groups in total. The number of halogens is 1. The summed E-state index contributed by atoms with van der Waals surface area (Å²) in [5, 5.41) is 2.95. The second-order valence-corrected chi connectivity index (χ2v) is 5.86. The molecule has 0 radical (unpaired) electrons. The second-order valence-electron chi connectivity index (χ2n) is 5.86. The van der Waals surface area contributed by atoms with Crippen molar-refractivity contribution >= 4 is 5.91 Å². The Labute approximate surface area is 142 Å². The average molecular weight is 330 g/mol. The summed E-state index contributed by atoms with van der Waals surface area (Å²) in [5.74, 6) is 0.421. The van der Waals surface area contributed by atoms with Gasteiger partial charge in [-0.15, -0.1) is 0 Å². The molecule has 128 valence electrons. The first-order valence-corrected chi connectivity index (χ1v) is 7.81. The summed E-state index contributed by atoms with van der Waals surface area (Å²) >= 11 is 0. The Bertz CT molecular complexity index is 654. The van der Waals surface area contributed by atoms with Crippen LogP contribution in [0.5, 0.6) is 5.75 Å². The van der Waals surface area contributed by atoms with E-state index in [-0.39, 0.29) is 24.2 Å². The molecule has 2 aromatic rings. The van der Waals surface area contributed by atoms with Crippen molar-refractivity contribution < 1.29 is 13.9 Å². The number of ether oxygens (including phenoxy) is 1. The van der Waals surface area contributed by atoms with Gasteiger partial charge in [-0.05, 0) is 49.5 Å². The van der Waals surface area contributed by atoms with Crippen LogP contribution in [0.4, 0.5) is 4.39 Å². The SMILES string of the molecule is COc1ccc(C(CNC(=O)Cc2ccc(F)cc2)N(C)C)cc1. The number of amides is 1. The zero-order valence-electron chi connectivity index (χ0n) is 14.3. The van der Waals surface area contributed by atoms with Gasteiger partial charge in [0.2, 0.25) is 5.91 Å². The van der Waals surface area contributed by atoms with Crippen LogP contribution >= 0.6 is 0 Å². The number of methoxy groups -OCH3 is 1. The van der Waals surface area contributed by atoms with Gasteiger partial charge in [0.25, 0.3) is 0 Å². The zero-order chi connectivity index (χ0) is 17.5. The number of nitrogens with one attached hydrogen (secondary N) is 1. The first kappa shape index (κ1) is 17.9. The maximum Gasteiger partial charge on any atom is 0.224 e. The fourth-order valence-electron chi connectivity index (χ4n) is 2.49. The summed E-state index contributed by atoms with van der Waals surface area (Å²) in [6.07, 6.45) is 0.239. The molecular weight excluding hydrogens is 307 g/mol. The highest BCUT2D eigenvalue weighted by Crippen LogP contribution is 2.20. The highest BCUT2D eigenvalue weighted by Gasteiger charge is 2.15. The minimum Gasteiger partial charge on any atom is -0.497 e. The molecule has 1 unspecified atom stereocenters. The number of hydrogen-bond donors (Lipinski definition) is 1. The fourth-order valence-corrected chi connectivity index (χ4v) is 2.49. The predicted octanol–water partition coefficient (Wildman–Crippen LogP) is 2.80. The van der Waals surface area contributed by atoms with Gasteiger partial charge >= 0.3 is 0 Å². The molecule has 0 fully saturated rings. The maximum atomic E-state index is 12.9. The minimum atomic E-state index is -0.300. The second kappa shape index (κ2) is 8.45. The number of rotatable bonds is 7. The van der Waals surface area contributed by atoms with E-state index >= 15 is 0 Å². The van der Waals surface area contributed by atoms with Crippen LogP contribution in [0.1, 0.15) is 17.2 Å². The third-order valence-corrected chi connectivity index (χ3v) is 3.89. The Kier molecular flexibility index (Phi) is 6.32. The van der Waals surface area contributed by atoms with Crippen LogP contribution in [0.15, 0.2) is 48.5 Å². The summed E-state index contributed by atoms with van der Waals surface area (Å²) in [4.78, 5) is 14.2. The van der Waals surface area contributed by atoms with Crippen LogP contribution in [0.25, 0.3) is 0 Å². The molecular formula is C19H23FN2O2. The van der Waals surface area contributed by atoms with Crippen molar-refractivity contribution in [3.05, 3.63) is 65.5 Å². The van der Waals surface area contributed by atoms with Crippen LogP contribution in [-0.2, 0) is 11.2 Å². The van der Waals surface area contributed by atoms with Gasteiger partial charge in [-0.2, -0.15) is 0 Å². The fraction of sp³-hybridized carbons (Fsp3) is 0.316. The van der Waals surface area contributed by atoms with Crippen molar-refractivity contribution in [3.8, 4) is 5.75 Å². The quantitative estimate of drug-likeness (QED) is 0.849. The summed E-state index contributed by atoms with van der Waals surface area (Å²) < 4.78 is 18.1. The lowest BCUT2D eigenvalue weighted by atomic mass is 10.1. The number of likely N-dealkylation sites (N-methyl/N-ethyl adjacent to an activating group) is 1. The molecule has 5 heteroatoms. The van der Waals surface area contributed by atoms with Gasteiger partial charge < -0.3 is 15.0 Å². The van der Waals surface area contributed by atoms with Crippen molar-refractivity contribution in [2.45, 2.75) is 12.5 Å². The summed E-state index contributed by atoms with van der Waals surface area (Å²) in [7, 11) is 5.58. The number of carbonyl (C=O) groups excluding carboxylic acids is 1. The zero-order valence-corrected chi connectivity index (χ0v) is 14.3. The summed E-state index contributed by atoms with van der Waals surface area (Å²) in [5.41, 5.74) is 1.89. The van der Waals surface area contributed by atoms with Crippen molar-refractivity contribution in [2.24, 2.45) is 0 Å². The number of nitrogens with zero attached hydrogens (tertiary/aromatic N) is 1. The molecule has 0 aliphatic carbocycles. The van der Waals surface area contributed by atoms with Crippen molar-refractivity contribution in [3.63, 3.8) is 0 Å². The molecule has 0 aliphatic rings. The first-order chi connectivity index (χ1) is 11.5. The van der Waals surface area contributed by atoms with Crippen LogP contribution in [0.3, 0.4) is 0 Å². The molecule has 2 aromatic carbocycles. The molecule has 0 saturated carbocycles. The number of benzene rings is 2. The Hall–Kier alpha value is -2.40. The molecule has 0 aliphatic heterocycles. The minimum absolute atomic E-state index is 0.0630. The topological polar surface area (TPSA) is 41.6 Å². The monoisotopic (exact) mass is 330 g/mol. The van der Waals surface area contributed by atoms with Crippen molar-refractivity contribution in [1.29, 1.82) is 0 Å². The molecule has 0 bridgehead atoms. The third kappa shape index (κ3) is 5.06. The standard InChI is InChI=1S/C19H23FN2O2/c1-22(2)18(15-6-10-17(24-3)11-7-15)13-21-19(23)12-14-4-8-16(20)9-5-14/h4-11,18H,12-13H2,1-3H3,(H,21,23). The number of carbonyl (C=O) groups is 1. The molecule has 1 atom stereocenters. The van der Waals surface area contributed by atoms with Crippen molar-refractivity contribution in [2.75, 3.05) is 27.7 Å². The maximum absolute atomic E-state index is 12.9. The van der Waals surface area contributed by atoms with Gasteiger partial charge in [0.05, 0.1) is 19.6 Å². The molecule has 0 heterocycles. The summed E-state index contributed by atoms with van der Waals surface area (Å²) in [6, 6.07) is 13.9. The van der Waals surface area contributed by atoms with Crippen LogP contribution in [0, 0.1) is 5.82 Å². The molecule has 1 amide bonds. The van der Waals surface area contributed by atoms with E-state index in [1.807, 2.05) is 38.4 Å². The molecule has 2 rings (SSSR count). The molecule has 0 saturated heterocycles. The highest BCUT2D eigenvalue weighted by atomic mass is 19.1. The normalized spacial score (nSPS) is 12.0. The van der Waals surface area contributed by atoms with E-state index < -0.39 is 0 Å². The summed E-state index contributed by atoms with van der Waals surface area (Å²) in [6.45, 7) is 0.499.